The number of hydrogen-bond donors (Lipinski definition) is 4. The Morgan fingerprint density at radius 2 is 1.79 bits per heavy atom. The van der Waals surface area contributed by atoms with Gasteiger partial charge in [0.2, 0.25) is 5.91 Å². The van der Waals surface area contributed by atoms with Crippen LogP contribution in [0.1, 0.15) is 24.4 Å². The van der Waals surface area contributed by atoms with Gasteiger partial charge < -0.3 is 20.8 Å². The van der Waals surface area contributed by atoms with E-state index in [0.717, 1.165) is 33.5 Å². The first-order valence-corrected chi connectivity index (χ1v) is 13.5. The standard InChI is InChI=1S/C24H23N5O2.C2H8N2O2S/c25-22-21-20(12-29(24(21)28-14-27-22)18-9-17(10-18)23(26)30)16-7-4-8-19(11-16)31-13-15-5-2-1-3-6-15;1-3-7(5,6)4-2/h1-8,11-12,14,17-18H,9-10,13H2,(H2,26,30)(H2,25,27,28);3-4H,1-2H3. The van der Waals surface area contributed by atoms with E-state index in [2.05, 4.69) is 24.0 Å². The number of nitrogens with one attached hydrogen (secondary N) is 2. The second-order valence-corrected chi connectivity index (χ2v) is 10.7. The maximum atomic E-state index is 11.5. The number of nitrogens with two attached hydrogens (primary N) is 2. The van der Waals surface area contributed by atoms with Crippen LogP contribution in [0.3, 0.4) is 0 Å². The highest BCUT2D eigenvalue weighted by Gasteiger charge is 2.35. The minimum atomic E-state index is -3.16. The number of fused-ring (bicyclic) bond motifs is 1. The zero-order valence-electron chi connectivity index (χ0n) is 21.2. The second-order valence-electron chi connectivity index (χ2n) is 8.85. The van der Waals surface area contributed by atoms with Crippen LogP contribution in [0.25, 0.3) is 22.2 Å². The van der Waals surface area contributed by atoms with E-state index in [1.165, 1.54) is 20.4 Å². The summed E-state index contributed by atoms with van der Waals surface area (Å²) in [5.74, 6) is 0.875. The largest absolute Gasteiger partial charge is 0.489 e. The third-order valence-electron chi connectivity index (χ3n) is 6.48. The van der Waals surface area contributed by atoms with E-state index >= 15 is 0 Å². The topological polar surface area (TPSA) is 167 Å². The van der Waals surface area contributed by atoms with Gasteiger partial charge in [0.1, 0.15) is 30.1 Å². The quantitative estimate of drug-likeness (QED) is 0.268. The summed E-state index contributed by atoms with van der Waals surface area (Å²) >= 11 is 0. The van der Waals surface area contributed by atoms with Crippen LogP contribution in [0.15, 0.2) is 67.1 Å². The molecule has 200 valence electrons. The van der Waals surface area contributed by atoms with Crippen molar-refractivity contribution in [1.29, 1.82) is 0 Å². The number of rotatable bonds is 8. The maximum absolute atomic E-state index is 11.5. The summed E-state index contributed by atoms with van der Waals surface area (Å²) in [6.45, 7) is 0.494. The van der Waals surface area contributed by atoms with Gasteiger partial charge >= 0.3 is 0 Å². The molecular weight excluding hydrogens is 506 g/mol. The lowest BCUT2D eigenvalue weighted by Gasteiger charge is -2.34. The van der Waals surface area contributed by atoms with E-state index in [1.54, 1.807) is 0 Å². The molecule has 0 atom stereocenters. The molecule has 0 saturated heterocycles. The number of primary amides is 1. The number of nitrogens with zero attached hydrogens (tertiary/aromatic N) is 3. The Balaban J connectivity index is 0.000000426. The molecule has 2 heterocycles. The highest BCUT2D eigenvalue weighted by atomic mass is 32.2. The van der Waals surface area contributed by atoms with E-state index in [9.17, 15) is 13.2 Å². The molecule has 0 aliphatic heterocycles. The molecule has 1 aliphatic rings. The van der Waals surface area contributed by atoms with Gasteiger partial charge in [0.25, 0.3) is 10.2 Å². The molecule has 0 unspecified atom stereocenters. The van der Waals surface area contributed by atoms with E-state index in [4.69, 9.17) is 16.2 Å². The number of anilines is 1. The van der Waals surface area contributed by atoms with Gasteiger partial charge in [0, 0.05) is 37.8 Å². The first-order valence-electron chi connectivity index (χ1n) is 12.0. The molecule has 1 aliphatic carbocycles. The highest BCUT2D eigenvalue weighted by molar-refractivity contribution is 7.87. The molecular formula is C26H31N7O4S. The van der Waals surface area contributed by atoms with Crippen LogP contribution in [0.2, 0.25) is 0 Å². The van der Waals surface area contributed by atoms with Crippen molar-refractivity contribution in [3.63, 3.8) is 0 Å². The van der Waals surface area contributed by atoms with Crippen molar-refractivity contribution < 1.29 is 17.9 Å². The average Bonchev–Trinajstić information content (AvgIpc) is 3.28. The summed E-state index contributed by atoms with van der Waals surface area (Å²) < 4.78 is 32.5. The smallest absolute Gasteiger partial charge is 0.276 e. The van der Waals surface area contributed by atoms with Crippen molar-refractivity contribution in [2.75, 3.05) is 19.8 Å². The van der Waals surface area contributed by atoms with Gasteiger partial charge in [-0.05, 0) is 36.1 Å². The lowest BCUT2D eigenvalue weighted by atomic mass is 9.79. The van der Waals surface area contributed by atoms with Crippen molar-refractivity contribution in [2.24, 2.45) is 11.7 Å². The van der Waals surface area contributed by atoms with Crippen molar-refractivity contribution in [3.05, 3.63) is 72.7 Å². The monoisotopic (exact) mass is 537 g/mol. The maximum Gasteiger partial charge on any atom is 0.276 e. The Bertz CT molecular complexity index is 1510. The van der Waals surface area contributed by atoms with Crippen molar-refractivity contribution in [3.8, 4) is 16.9 Å². The minimum absolute atomic E-state index is 0.0835. The lowest BCUT2D eigenvalue weighted by molar-refractivity contribution is -0.125. The fourth-order valence-electron chi connectivity index (χ4n) is 4.25. The molecule has 11 nitrogen and oxygen atoms in total. The fraction of sp³-hybridized carbons (Fsp3) is 0.269. The molecule has 1 amide bonds. The zero-order chi connectivity index (χ0) is 27.3. The molecule has 12 heteroatoms. The average molecular weight is 538 g/mol. The first-order chi connectivity index (χ1) is 18.2. The molecule has 0 radical (unpaired) electrons. The van der Waals surface area contributed by atoms with Crippen LogP contribution < -0.4 is 25.6 Å². The Morgan fingerprint density at radius 1 is 1.08 bits per heavy atom. The van der Waals surface area contributed by atoms with Crippen LogP contribution in [-0.2, 0) is 21.6 Å². The fourth-order valence-corrected chi connectivity index (χ4v) is 4.45. The van der Waals surface area contributed by atoms with Gasteiger partial charge in [0.05, 0.1) is 5.39 Å². The molecule has 0 bridgehead atoms. The Labute approximate surface area is 221 Å². The summed E-state index contributed by atoms with van der Waals surface area (Å²) in [5, 5.41) is 0.810. The zero-order valence-corrected chi connectivity index (χ0v) is 22.0. The number of carbonyl (C=O) groups is 1. The van der Waals surface area contributed by atoms with Gasteiger partial charge in [-0.2, -0.15) is 8.42 Å². The van der Waals surface area contributed by atoms with Gasteiger partial charge in [-0.1, -0.05) is 42.5 Å². The van der Waals surface area contributed by atoms with Crippen LogP contribution in [0.4, 0.5) is 5.82 Å². The predicted molar refractivity (Wildman–Crippen MR) is 146 cm³/mol. The molecule has 2 aromatic heterocycles. The summed E-state index contributed by atoms with van der Waals surface area (Å²) in [6, 6.07) is 18.1. The Kier molecular flexibility index (Phi) is 8.25. The SMILES string of the molecule is CNS(=O)(=O)NC.NC(=O)C1CC(n2cc(-c3cccc(OCc4ccccc4)c3)c3c(N)ncnc32)C1. The van der Waals surface area contributed by atoms with E-state index in [1.807, 2.05) is 60.8 Å². The summed E-state index contributed by atoms with van der Waals surface area (Å²) in [5.41, 5.74) is 15.5. The Morgan fingerprint density at radius 3 is 2.42 bits per heavy atom. The van der Waals surface area contributed by atoms with Crippen molar-refractivity contribution >= 4 is 33.0 Å². The number of aromatic nitrogens is 3. The van der Waals surface area contributed by atoms with Crippen LogP contribution in [0.5, 0.6) is 5.75 Å². The van der Waals surface area contributed by atoms with Gasteiger partial charge in [0.15, 0.2) is 0 Å². The number of ether oxygens (including phenoxy) is 1. The highest BCUT2D eigenvalue weighted by Crippen LogP contribution is 2.43. The van der Waals surface area contributed by atoms with Crippen molar-refractivity contribution in [2.45, 2.75) is 25.5 Å². The third kappa shape index (κ3) is 6.10. The number of nitrogen functional groups attached to an aromatic ring is 1. The normalized spacial score (nSPS) is 16.8. The molecule has 0 spiro atoms. The van der Waals surface area contributed by atoms with E-state index < -0.39 is 10.2 Å². The summed E-state index contributed by atoms with van der Waals surface area (Å²) in [6.07, 6.45) is 4.95. The number of hydrogen-bond acceptors (Lipinski definition) is 7. The van der Waals surface area contributed by atoms with Gasteiger partial charge in [-0.25, -0.2) is 19.4 Å². The summed E-state index contributed by atoms with van der Waals surface area (Å²) in [4.78, 5) is 20.1. The number of benzene rings is 2. The number of carbonyl (C=O) groups excluding carboxylic acids is 1. The first kappa shape index (κ1) is 27.0. The van der Waals surface area contributed by atoms with E-state index in [0.29, 0.717) is 25.3 Å². The van der Waals surface area contributed by atoms with Crippen LogP contribution >= 0.6 is 0 Å². The molecule has 1 fully saturated rings. The van der Waals surface area contributed by atoms with Gasteiger partial charge in [-0.15, -0.1) is 0 Å². The van der Waals surface area contributed by atoms with Crippen LogP contribution in [0, 0.1) is 5.92 Å². The Hall–Kier alpha value is -4.00. The molecule has 1 saturated carbocycles. The summed E-state index contributed by atoms with van der Waals surface area (Å²) in [7, 11) is -0.479. The predicted octanol–water partition coefficient (Wildman–Crippen LogP) is 2.37. The number of amides is 1. The second kappa shape index (κ2) is 11.6. The molecule has 5 rings (SSSR count). The molecule has 2 aromatic carbocycles. The molecule has 38 heavy (non-hydrogen) atoms. The van der Waals surface area contributed by atoms with Crippen molar-refractivity contribution in [1.82, 2.24) is 24.0 Å². The molecule has 6 N–H and O–H groups in total. The van der Waals surface area contributed by atoms with Gasteiger partial charge in [-0.3, -0.25) is 4.79 Å². The molecule has 4 aromatic rings. The van der Waals surface area contributed by atoms with Crippen LogP contribution in [-0.4, -0.2) is 43.0 Å². The lowest BCUT2D eigenvalue weighted by Crippen LogP contribution is -2.36. The van der Waals surface area contributed by atoms with E-state index in [-0.39, 0.29) is 17.9 Å². The third-order valence-corrected chi connectivity index (χ3v) is 7.55. The minimum Gasteiger partial charge on any atom is -0.489 e.